The highest BCUT2D eigenvalue weighted by Crippen LogP contribution is 2.16. The van der Waals surface area contributed by atoms with Crippen LogP contribution < -0.4 is 4.90 Å². The molecule has 0 spiro atoms. The minimum absolute atomic E-state index is 0.149. The van der Waals surface area contributed by atoms with Gasteiger partial charge in [-0.2, -0.15) is 0 Å². The molecule has 0 saturated heterocycles. The highest BCUT2D eigenvalue weighted by Gasteiger charge is 2.14. The topological polar surface area (TPSA) is 25.2 Å². The molecule has 3 heteroatoms. The number of rotatable bonds is 5. The Morgan fingerprint density at radius 3 is 2.63 bits per heavy atom. The maximum absolute atomic E-state index is 12.3. The summed E-state index contributed by atoms with van der Waals surface area (Å²) in [6.45, 7) is 5.37. The molecule has 0 fully saturated rings. The largest absolute Gasteiger partial charge is 0.364 e. The summed E-state index contributed by atoms with van der Waals surface area (Å²) >= 11 is 0. The summed E-state index contributed by atoms with van der Waals surface area (Å²) in [4.78, 5) is 14.4. The fourth-order valence-corrected chi connectivity index (χ4v) is 2.22. The molecule has 0 aliphatic rings. The van der Waals surface area contributed by atoms with Crippen LogP contribution in [0.1, 0.15) is 23.0 Å². The number of ketones is 1. The van der Waals surface area contributed by atoms with Gasteiger partial charge in [0.25, 0.3) is 0 Å². The smallest absolute Gasteiger partial charge is 0.198 e. The maximum atomic E-state index is 12.3. The normalized spacial score (nSPS) is 10.5. The van der Waals surface area contributed by atoms with E-state index in [1.54, 1.807) is 0 Å². The number of benzene rings is 1. The van der Waals surface area contributed by atoms with Gasteiger partial charge in [0.15, 0.2) is 5.78 Å². The number of nitrogens with zero attached hydrogens (tertiary/aromatic N) is 2. The van der Waals surface area contributed by atoms with Crippen LogP contribution in [0.15, 0.2) is 42.6 Å². The van der Waals surface area contributed by atoms with E-state index in [0.29, 0.717) is 6.54 Å². The lowest BCUT2D eigenvalue weighted by atomic mass is 10.2. The van der Waals surface area contributed by atoms with Gasteiger partial charge in [-0.1, -0.05) is 12.1 Å². The van der Waals surface area contributed by atoms with Gasteiger partial charge in [0.05, 0.1) is 12.2 Å². The van der Waals surface area contributed by atoms with Crippen LogP contribution in [0.25, 0.3) is 0 Å². The van der Waals surface area contributed by atoms with Crippen molar-refractivity contribution in [1.82, 2.24) is 4.57 Å². The number of Topliss-reactive ketones (excluding diaryl/α,β-unsaturated/α-hetero) is 1. The first-order chi connectivity index (χ1) is 9.11. The molecule has 1 aromatic heterocycles. The third kappa shape index (κ3) is 3.05. The molecule has 3 nitrogen and oxygen atoms in total. The number of hydrogen-bond donors (Lipinski definition) is 0. The Kier molecular flexibility index (Phi) is 4.05. The summed E-state index contributed by atoms with van der Waals surface area (Å²) in [5, 5.41) is 0. The fraction of sp³-hybridized carbons (Fsp3) is 0.312. The monoisotopic (exact) mass is 256 g/mol. The van der Waals surface area contributed by atoms with Crippen molar-refractivity contribution < 1.29 is 4.79 Å². The highest BCUT2D eigenvalue weighted by atomic mass is 16.1. The lowest BCUT2D eigenvalue weighted by Crippen LogP contribution is -2.30. The zero-order valence-electron chi connectivity index (χ0n) is 11.8. The van der Waals surface area contributed by atoms with Gasteiger partial charge in [0.1, 0.15) is 0 Å². The molecule has 1 heterocycles. The molecule has 0 amide bonds. The van der Waals surface area contributed by atoms with Gasteiger partial charge in [-0.15, -0.1) is 0 Å². The van der Waals surface area contributed by atoms with Crippen LogP contribution in [-0.4, -0.2) is 23.4 Å². The Morgan fingerprint density at radius 1 is 1.26 bits per heavy atom. The van der Waals surface area contributed by atoms with E-state index in [1.807, 2.05) is 36.0 Å². The van der Waals surface area contributed by atoms with Gasteiger partial charge in [0, 0.05) is 25.5 Å². The van der Waals surface area contributed by atoms with Crippen molar-refractivity contribution in [3.8, 4) is 0 Å². The summed E-state index contributed by atoms with van der Waals surface area (Å²) in [6.07, 6.45) is 1.90. The second-order valence-corrected chi connectivity index (χ2v) is 4.78. The van der Waals surface area contributed by atoms with E-state index < -0.39 is 0 Å². The summed E-state index contributed by atoms with van der Waals surface area (Å²) < 4.78 is 1.87. The van der Waals surface area contributed by atoms with Crippen LogP contribution in [0.4, 0.5) is 5.69 Å². The van der Waals surface area contributed by atoms with Crippen LogP contribution in [-0.2, 0) is 7.05 Å². The fourth-order valence-electron chi connectivity index (χ4n) is 2.22. The van der Waals surface area contributed by atoms with E-state index in [4.69, 9.17) is 0 Å². The molecule has 0 radical (unpaired) electrons. The Bertz CT molecular complexity index is 572. The highest BCUT2D eigenvalue weighted by molar-refractivity contribution is 5.98. The van der Waals surface area contributed by atoms with Crippen molar-refractivity contribution in [1.29, 1.82) is 0 Å². The van der Waals surface area contributed by atoms with Crippen molar-refractivity contribution in [3.63, 3.8) is 0 Å². The summed E-state index contributed by atoms with van der Waals surface area (Å²) in [6, 6.07) is 12.0. The van der Waals surface area contributed by atoms with Crippen LogP contribution >= 0.6 is 0 Å². The summed E-state index contributed by atoms with van der Waals surface area (Å²) in [5.74, 6) is 0.149. The molecule has 0 unspecified atom stereocenters. The lowest BCUT2D eigenvalue weighted by molar-refractivity contribution is 0.0991. The third-order valence-corrected chi connectivity index (χ3v) is 3.31. The molecule has 0 saturated carbocycles. The number of anilines is 1. The Hall–Kier alpha value is -2.03. The molecule has 0 atom stereocenters. The molecule has 2 rings (SSSR count). The number of aromatic nitrogens is 1. The molecule has 0 aliphatic heterocycles. The van der Waals surface area contributed by atoms with E-state index in [9.17, 15) is 4.79 Å². The number of carbonyl (C=O) groups is 1. The van der Waals surface area contributed by atoms with Gasteiger partial charge in [-0.05, 0) is 43.7 Å². The summed E-state index contributed by atoms with van der Waals surface area (Å²) in [7, 11) is 1.90. The molecule has 0 N–H and O–H groups in total. The summed E-state index contributed by atoms with van der Waals surface area (Å²) in [5.41, 5.74) is 3.07. The van der Waals surface area contributed by atoms with E-state index in [1.165, 1.54) is 5.56 Å². The van der Waals surface area contributed by atoms with Gasteiger partial charge < -0.3 is 9.47 Å². The molecule has 0 bridgehead atoms. The van der Waals surface area contributed by atoms with Crippen molar-refractivity contribution in [3.05, 3.63) is 53.9 Å². The van der Waals surface area contributed by atoms with Crippen LogP contribution in [0.2, 0.25) is 0 Å². The van der Waals surface area contributed by atoms with E-state index in [2.05, 4.69) is 36.9 Å². The average Bonchev–Trinajstić information content (AvgIpc) is 2.82. The third-order valence-electron chi connectivity index (χ3n) is 3.31. The van der Waals surface area contributed by atoms with Gasteiger partial charge in [-0.3, -0.25) is 4.79 Å². The second-order valence-electron chi connectivity index (χ2n) is 4.78. The van der Waals surface area contributed by atoms with Crippen molar-refractivity contribution in [2.45, 2.75) is 13.8 Å². The molecular weight excluding hydrogens is 236 g/mol. The molecule has 1 aromatic carbocycles. The zero-order chi connectivity index (χ0) is 13.8. The Labute approximate surface area is 114 Å². The molecule has 0 aliphatic carbocycles. The van der Waals surface area contributed by atoms with E-state index in [0.717, 1.165) is 17.9 Å². The number of carbonyl (C=O) groups excluding carboxylic acids is 1. The predicted octanol–water partition coefficient (Wildman–Crippen LogP) is 3.04. The molecular formula is C16H20N2O. The van der Waals surface area contributed by atoms with Gasteiger partial charge >= 0.3 is 0 Å². The van der Waals surface area contributed by atoms with Gasteiger partial charge in [0.2, 0.25) is 0 Å². The van der Waals surface area contributed by atoms with Crippen molar-refractivity contribution in [2.75, 3.05) is 18.0 Å². The van der Waals surface area contributed by atoms with Gasteiger partial charge in [-0.25, -0.2) is 0 Å². The standard InChI is InChI=1S/C16H20N2O/c1-4-18(14-8-5-7-13(2)11-14)12-16(19)15-9-6-10-17(15)3/h5-11H,4,12H2,1-3H3. The lowest BCUT2D eigenvalue weighted by Gasteiger charge is -2.22. The first-order valence-corrected chi connectivity index (χ1v) is 6.58. The Morgan fingerprint density at radius 2 is 2.05 bits per heavy atom. The Balaban J connectivity index is 2.16. The van der Waals surface area contributed by atoms with E-state index in [-0.39, 0.29) is 5.78 Å². The quantitative estimate of drug-likeness (QED) is 0.768. The van der Waals surface area contributed by atoms with Crippen molar-refractivity contribution >= 4 is 11.5 Å². The molecule has 100 valence electrons. The number of aryl methyl sites for hydroxylation is 2. The van der Waals surface area contributed by atoms with Crippen LogP contribution in [0.3, 0.4) is 0 Å². The average molecular weight is 256 g/mol. The first kappa shape index (κ1) is 13.4. The van der Waals surface area contributed by atoms with Crippen LogP contribution in [0.5, 0.6) is 0 Å². The zero-order valence-corrected chi connectivity index (χ0v) is 11.8. The molecule has 2 aromatic rings. The minimum Gasteiger partial charge on any atom is -0.364 e. The number of hydrogen-bond acceptors (Lipinski definition) is 2. The van der Waals surface area contributed by atoms with Crippen molar-refractivity contribution in [2.24, 2.45) is 7.05 Å². The second kappa shape index (κ2) is 5.74. The van der Waals surface area contributed by atoms with Crippen LogP contribution in [0, 0.1) is 6.92 Å². The van der Waals surface area contributed by atoms with E-state index >= 15 is 0 Å². The minimum atomic E-state index is 0.149. The maximum Gasteiger partial charge on any atom is 0.198 e. The molecule has 19 heavy (non-hydrogen) atoms. The SMILES string of the molecule is CCN(CC(=O)c1cccn1C)c1cccc(C)c1. The first-order valence-electron chi connectivity index (χ1n) is 6.58. The number of likely N-dealkylation sites (N-methyl/N-ethyl adjacent to an activating group) is 1. The predicted molar refractivity (Wildman–Crippen MR) is 78.8 cm³/mol.